The number of esters is 1. The molecule has 0 aliphatic rings. The summed E-state index contributed by atoms with van der Waals surface area (Å²) in [5.74, 6) is -0.0676. The largest absolute Gasteiger partial charge is 0.466 e. The van der Waals surface area contributed by atoms with Gasteiger partial charge in [0.25, 0.3) is 0 Å². The summed E-state index contributed by atoms with van der Waals surface area (Å²) in [7, 11) is 0. The summed E-state index contributed by atoms with van der Waals surface area (Å²) in [6.45, 7) is 4.92. The van der Waals surface area contributed by atoms with E-state index >= 15 is 0 Å². The predicted molar refractivity (Wildman–Crippen MR) is 320 cm³/mol. The Labute approximate surface area is 456 Å². The highest BCUT2D eigenvalue weighted by atomic mass is 16.5. The van der Waals surface area contributed by atoms with Gasteiger partial charge >= 0.3 is 5.97 Å². The van der Waals surface area contributed by atoms with Crippen molar-refractivity contribution in [1.82, 2.24) is 5.32 Å². The molecule has 6 heteroatoms. The van der Waals surface area contributed by atoms with Crippen molar-refractivity contribution in [2.75, 3.05) is 13.2 Å². The number of aliphatic hydroxyl groups excluding tert-OH is 2. The monoisotopic (exact) mass is 1030 g/mol. The van der Waals surface area contributed by atoms with E-state index < -0.39 is 12.1 Å². The van der Waals surface area contributed by atoms with Gasteiger partial charge in [0.2, 0.25) is 5.91 Å². The first-order valence-corrected chi connectivity index (χ1v) is 33.1. The summed E-state index contributed by atoms with van der Waals surface area (Å²) in [6, 6.07) is -0.636. The maximum absolute atomic E-state index is 12.5. The lowest BCUT2D eigenvalue weighted by Gasteiger charge is -2.20. The van der Waals surface area contributed by atoms with Crippen molar-refractivity contribution in [3.05, 3.63) is 24.3 Å². The highest BCUT2D eigenvalue weighted by Crippen LogP contribution is 2.18. The van der Waals surface area contributed by atoms with Gasteiger partial charge in [0.1, 0.15) is 0 Å². The molecule has 2 unspecified atom stereocenters. The molecule has 1 amide bonds. The number of allylic oxidation sites excluding steroid dienone is 3. The molecular weight excluding hydrogens is 899 g/mol. The quantitative estimate of drug-likeness (QED) is 0.0320. The van der Waals surface area contributed by atoms with Crippen LogP contribution in [0.1, 0.15) is 367 Å². The van der Waals surface area contributed by atoms with E-state index in [1.165, 1.54) is 289 Å². The number of carbonyl (C=O) groups excluding carboxylic acids is 2. The number of unbranched alkanes of at least 4 members (excludes halogenated alkanes) is 49. The van der Waals surface area contributed by atoms with Crippen molar-refractivity contribution < 1.29 is 24.5 Å². The van der Waals surface area contributed by atoms with Crippen LogP contribution in [0.25, 0.3) is 0 Å². The summed E-state index contributed by atoms with van der Waals surface area (Å²) in [4.78, 5) is 24.6. The Hall–Kier alpha value is -1.66. The van der Waals surface area contributed by atoms with Gasteiger partial charge in [-0.1, -0.05) is 321 Å². The van der Waals surface area contributed by atoms with Crippen molar-refractivity contribution in [3.8, 4) is 0 Å². The molecule has 73 heavy (non-hydrogen) atoms. The van der Waals surface area contributed by atoms with Crippen molar-refractivity contribution in [2.45, 2.75) is 379 Å². The van der Waals surface area contributed by atoms with Crippen LogP contribution in [0, 0.1) is 0 Å². The summed E-state index contributed by atoms with van der Waals surface area (Å²) < 4.78 is 5.48. The van der Waals surface area contributed by atoms with Crippen molar-refractivity contribution in [3.63, 3.8) is 0 Å². The van der Waals surface area contributed by atoms with E-state index in [-0.39, 0.29) is 18.5 Å². The first kappa shape index (κ1) is 71.3. The van der Waals surface area contributed by atoms with Gasteiger partial charge in [-0.2, -0.15) is 0 Å². The van der Waals surface area contributed by atoms with Gasteiger partial charge in [0.05, 0.1) is 25.4 Å². The van der Waals surface area contributed by atoms with Gasteiger partial charge < -0.3 is 20.3 Å². The van der Waals surface area contributed by atoms with Crippen LogP contribution in [0.5, 0.6) is 0 Å². The lowest BCUT2D eigenvalue weighted by Crippen LogP contribution is -2.45. The minimum Gasteiger partial charge on any atom is -0.466 e. The Morgan fingerprint density at radius 2 is 0.644 bits per heavy atom. The second kappa shape index (κ2) is 62.9. The summed E-state index contributed by atoms with van der Waals surface area (Å²) in [5, 5.41) is 23.2. The molecule has 0 aromatic carbocycles. The molecule has 0 aliphatic heterocycles. The smallest absolute Gasteiger partial charge is 0.305 e. The molecule has 0 saturated heterocycles. The molecule has 0 heterocycles. The van der Waals surface area contributed by atoms with Gasteiger partial charge in [-0.25, -0.2) is 0 Å². The van der Waals surface area contributed by atoms with E-state index in [0.29, 0.717) is 19.4 Å². The number of hydrogen-bond acceptors (Lipinski definition) is 5. The van der Waals surface area contributed by atoms with Crippen molar-refractivity contribution in [1.29, 1.82) is 0 Å². The molecule has 2 atom stereocenters. The molecule has 0 fully saturated rings. The second-order valence-electron chi connectivity index (χ2n) is 22.8. The SMILES string of the molecule is CCCCCCCCCCCCCCCCCCCCCCC/C=C/C(O)C(CO)NC(=O)CCCCCCCCC/C=C\CCCCCCCCCCOC(=O)CCCCCCCCCCCCCCCC. The fraction of sp³-hybridized carbons (Fsp3) is 0.910. The zero-order valence-corrected chi connectivity index (χ0v) is 49.4. The second-order valence-corrected chi connectivity index (χ2v) is 22.8. The van der Waals surface area contributed by atoms with E-state index in [9.17, 15) is 19.8 Å². The molecule has 0 aromatic rings. The minimum atomic E-state index is -0.852. The number of aliphatic hydroxyl groups is 2. The minimum absolute atomic E-state index is 0.00619. The van der Waals surface area contributed by atoms with Crippen LogP contribution in [0.2, 0.25) is 0 Å². The number of ether oxygens (including phenoxy) is 1. The highest BCUT2D eigenvalue weighted by molar-refractivity contribution is 5.76. The molecule has 0 aromatic heterocycles. The third-order valence-electron chi connectivity index (χ3n) is 15.5. The van der Waals surface area contributed by atoms with Crippen LogP contribution >= 0.6 is 0 Å². The van der Waals surface area contributed by atoms with Crippen molar-refractivity contribution >= 4 is 11.9 Å². The highest BCUT2D eigenvalue weighted by Gasteiger charge is 2.18. The third kappa shape index (κ3) is 59.4. The number of hydrogen-bond donors (Lipinski definition) is 3. The number of carbonyl (C=O) groups is 2. The maximum Gasteiger partial charge on any atom is 0.305 e. The summed E-state index contributed by atoms with van der Waals surface area (Å²) in [5.41, 5.74) is 0. The molecule has 6 nitrogen and oxygen atoms in total. The third-order valence-corrected chi connectivity index (χ3v) is 15.5. The predicted octanol–water partition coefficient (Wildman–Crippen LogP) is 21.0. The molecular formula is C67H129NO5. The lowest BCUT2D eigenvalue weighted by molar-refractivity contribution is -0.143. The van der Waals surface area contributed by atoms with Gasteiger partial charge in [-0.15, -0.1) is 0 Å². The Morgan fingerprint density at radius 1 is 0.370 bits per heavy atom. The molecule has 0 rings (SSSR count). The fourth-order valence-corrected chi connectivity index (χ4v) is 10.4. The molecule has 0 bridgehead atoms. The molecule has 432 valence electrons. The van der Waals surface area contributed by atoms with E-state index in [2.05, 4.69) is 31.3 Å². The van der Waals surface area contributed by atoms with Gasteiger partial charge in [-0.3, -0.25) is 9.59 Å². The zero-order valence-electron chi connectivity index (χ0n) is 49.4. The Balaban J connectivity index is 3.46. The van der Waals surface area contributed by atoms with Crippen LogP contribution < -0.4 is 5.32 Å². The average Bonchev–Trinajstić information content (AvgIpc) is 3.39. The fourth-order valence-electron chi connectivity index (χ4n) is 10.4. The first-order valence-electron chi connectivity index (χ1n) is 33.1. The lowest BCUT2D eigenvalue weighted by atomic mass is 10.0. The van der Waals surface area contributed by atoms with Crippen LogP contribution in [0.4, 0.5) is 0 Å². The van der Waals surface area contributed by atoms with Crippen LogP contribution in [0.15, 0.2) is 24.3 Å². The molecule has 0 spiro atoms. The maximum atomic E-state index is 12.5. The summed E-state index contributed by atoms with van der Waals surface area (Å²) in [6.07, 6.45) is 78.0. The topological polar surface area (TPSA) is 95.9 Å². The Kier molecular flexibility index (Phi) is 61.4. The number of amides is 1. The van der Waals surface area contributed by atoms with Gasteiger partial charge in [0, 0.05) is 12.8 Å². The Bertz CT molecular complexity index is 1140. The average molecular weight is 1030 g/mol. The van der Waals surface area contributed by atoms with Crippen molar-refractivity contribution in [2.24, 2.45) is 0 Å². The van der Waals surface area contributed by atoms with Crippen LogP contribution in [0.3, 0.4) is 0 Å². The summed E-state index contributed by atoms with van der Waals surface area (Å²) >= 11 is 0. The normalized spacial score (nSPS) is 12.7. The van der Waals surface area contributed by atoms with Gasteiger partial charge in [0.15, 0.2) is 0 Å². The zero-order chi connectivity index (χ0) is 52.9. The molecule has 0 radical (unpaired) electrons. The number of nitrogens with one attached hydrogen (secondary N) is 1. The molecule has 3 N–H and O–H groups in total. The van der Waals surface area contributed by atoms with E-state index in [1.54, 1.807) is 6.08 Å². The first-order chi connectivity index (χ1) is 36.0. The van der Waals surface area contributed by atoms with Crippen LogP contribution in [-0.4, -0.2) is 47.4 Å². The van der Waals surface area contributed by atoms with Crippen LogP contribution in [-0.2, 0) is 14.3 Å². The molecule has 0 saturated carbocycles. The van der Waals surface area contributed by atoms with E-state index in [4.69, 9.17) is 4.74 Å². The van der Waals surface area contributed by atoms with E-state index in [0.717, 1.165) is 51.4 Å². The van der Waals surface area contributed by atoms with E-state index in [1.807, 2.05) is 6.08 Å². The molecule has 0 aliphatic carbocycles. The van der Waals surface area contributed by atoms with Gasteiger partial charge in [-0.05, 0) is 57.8 Å². The Morgan fingerprint density at radius 3 is 0.973 bits per heavy atom. The number of rotatable bonds is 62. The standard InChI is InChI=1S/C67H129NO5/c1-3-5-7-9-11-13-15-17-19-20-21-22-23-24-26-29-32-35-39-43-47-51-55-59-65(70)64(63-69)68-66(71)60-56-52-48-44-40-36-33-30-27-25-28-31-34-38-42-46-50-54-58-62-73-67(72)61-57-53-49-45-41-37-18-16-14-12-10-8-6-4-2/h25,27,55,59,64-65,69-70H,3-24,26,28-54,56-58,60-63H2,1-2H3,(H,68,71)/b27-25-,59-55+.